The Morgan fingerprint density at radius 3 is 2.22 bits per heavy atom. The number of esters is 2. The molecule has 2 saturated heterocycles. The molecule has 0 unspecified atom stereocenters. The number of aliphatic hydroxyl groups is 3. The van der Waals surface area contributed by atoms with Crippen LogP contribution in [0, 0.1) is 0 Å². The molecule has 5 aliphatic heterocycles. The number of aliphatic hydroxyl groups excluding tert-OH is 2. The summed E-state index contributed by atoms with van der Waals surface area (Å²) in [5, 5.41) is 75.6. The lowest BCUT2D eigenvalue weighted by Gasteiger charge is -2.48. The van der Waals surface area contributed by atoms with Crippen molar-refractivity contribution in [3.63, 3.8) is 0 Å². The number of rotatable bonds is 9. The fourth-order valence-corrected chi connectivity index (χ4v) is 17.1. The number of piperazine rings is 1. The van der Waals surface area contributed by atoms with E-state index in [4.69, 9.17) is 43.4 Å². The zero-order valence-corrected chi connectivity index (χ0v) is 59.1. The molecule has 8 aromatic rings. The number of cyclic esters (lactones) is 2. The quantitative estimate of drug-likeness (QED) is 0.0562. The third-order valence-electron chi connectivity index (χ3n) is 17.8. The number of β-amino-alcohol motifs (C(OH)–C–C–N with tert-alkyl or cyclic N) is 1. The van der Waals surface area contributed by atoms with Crippen LogP contribution in [0.1, 0.15) is 125 Å². The fourth-order valence-electron chi connectivity index (χ4n) is 12.9. The maximum atomic E-state index is 15.2. The molecule has 0 saturated carbocycles. The molecule has 5 amide bonds. The zero-order chi connectivity index (χ0) is 71.5. The van der Waals surface area contributed by atoms with Gasteiger partial charge >= 0.3 is 11.9 Å². The Morgan fingerprint density at radius 2 is 1.50 bits per heavy atom. The van der Waals surface area contributed by atoms with Crippen molar-refractivity contribution < 1.29 is 87.6 Å². The summed E-state index contributed by atoms with van der Waals surface area (Å²) in [5.74, 6) is -6.55. The third kappa shape index (κ3) is 14.0. The number of aromatic nitrogens is 7. The first kappa shape index (κ1) is 70.6. The lowest BCUT2D eigenvalue weighted by molar-refractivity contribution is -0.280. The standard InChI is InChI=1S/C64H68N14O18S5/c1-27(80)43-55(85)73-44(28(2)91-7)58-68-37(25-99-58)54(84)74-47-49-50(96-41-18-64(4,89)51(75(5)6)29(3)95-41)63(88)93-19-30-9-8-10-39-42(30)32(20-92-49)48(78(39)90)62(87)94-21-33(65-52(82)35-24-100-60(47)69-35)57-66-34(22-98-57)45-31(56-67-36(23-97-56)53(83)72-43)17-40(81)46(71-45)59-70-38(26-101-59)61(86)77-13-11-76(12-14-77)15-16-79/h8-10,17,22-27,29,33,41,43,47,49-51,79-81,89-90H,11-16,18-21H2,1-7H3,(H,65,82)(H,72,83)(H,73,85)(H,74,84)/b44-28+/t27-,29+,33+,41+,43+,47+,49+,50+,51-,64+/m1/s1. The summed E-state index contributed by atoms with van der Waals surface area (Å²) in [7, 11) is 4.87. The van der Waals surface area contributed by atoms with Gasteiger partial charge in [-0.3, -0.25) is 28.9 Å². The average molecular weight is 1480 g/mol. The van der Waals surface area contributed by atoms with Crippen LogP contribution in [0.25, 0.3) is 49.3 Å². The minimum absolute atomic E-state index is 0.00486. The smallest absolute Gasteiger partial charge is 0.358 e. The number of carbonyl (C=O) groups excluding carboxylic acids is 7. The number of hydrogen-bond acceptors (Lipinski definition) is 31. The molecule has 101 heavy (non-hydrogen) atoms. The molecule has 532 valence electrons. The van der Waals surface area contributed by atoms with Crippen LogP contribution in [-0.2, 0) is 51.2 Å². The highest BCUT2D eigenvalue weighted by atomic mass is 32.1. The number of ether oxygens (including phenoxy) is 6. The number of carbonyl (C=O) groups is 7. The van der Waals surface area contributed by atoms with Crippen LogP contribution in [0.4, 0.5) is 0 Å². The van der Waals surface area contributed by atoms with Gasteiger partial charge in [0.15, 0.2) is 18.1 Å². The van der Waals surface area contributed by atoms with Crippen LogP contribution in [0.2, 0.25) is 0 Å². The highest BCUT2D eigenvalue weighted by Gasteiger charge is 2.50. The Kier molecular flexibility index (Phi) is 20.2. The van der Waals surface area contributed by atoms with E-state index >= 15 is 19.2 Å². The molecule has 5 aliphatic rings. The van der Waals surface area contributed by atoms with Crippen LogP contribution >= 0.6 is 56.7 Å². The number of nitrogens with zero attached hydrogens (tertiary/aromatic N) is 10. The summed E-state index contributed by atoms with van der Waals surface area (Å²) in [6.45, 7) is 6.62. The molecule has 10 atom stereocenters. The van der Waals surface area contributed by atoms with Gasteiger partial charge in [-0.1, -0.05) is 12.1 Å². The Balaban J connectivity index is 0.969. The molecule has 1 aromatic carbocycles. The summed E-state index contributed by atoms with van der Waals surface area (Å²) >= 11 is 4.73. The number of benzene rings is 1. The second-order valence-corrected chi connectivity index (χ2v) is 29.2. The molecule has 13 rings (SSSR count). The van der Waals surface area contributed by atoms with Gasteiger partial charge < -0.3 is 85.1 Å². The van der Waals surface area contributed by atoms with E-state index in [1.807, 2.05) is 4.90 Å². The number of aromatic hydroxyl groups is 1. The zero-order valence-electron chi connectivity index (χ0n) is 55.0. The van der Waals surface area contributed by atoms with Crippen molar-refractivity contribution in [3.05, 3.63) is 112 Å². The van der Waals surface area contributed by atoms with E-state index in [0.29, 0.717) is 43.0 Å². The van der Waals surface area contributed by atoms with Gasteiger partial charge in [0.25, 0.3) is 23.6 Å². The predicted molar refractivity (Wildman–Crippen MR) is 364 cm³/mol. The van der Waals surface area contributed by atoms with Crippen molar-refractivity contribution in [1.29, 1.82) is 0 Å². The van der Waals surface area contributed by atoms with Gasteiger partial charge in [0.05, 0.1) is 49.7 Å². The average Bonchev–Trinajstić information content (AvgIpc) is 1.64. The van der Waals surface area contributed by atoms with Crippen molar-refractivity contribution >= 4 is 115 Å². The van der Waals surface area contributed by atoms with Gasteiger partial charge in [-0.25, -0.2) is 39.5 Å². The summed E-state index contributed by atoms with van der Waals surface area (Å²) < 4.78 is 38.4. The van der Waals surface area contributed by atoms with E-state index in [1.165, 1.54) is 49.2 Å². The number of pyridine rings is 1. The Labute approximate surface area is 594 Å². The predicted octanol–water partition coefficient (Wildman–Crippen LogP) is 3.91. The van der Waals surface area contributed by atoms with Crippen LogP contribution in [-0.4, -0.2) is 232 Å². The number of thiazole rings is 5. The van der Waals surface area contributed by atoms with Crippen molar-refractivity contribution in [2.45, 2.75) is 108 Å². The SMILES string of the molecule is CO/C(C)=C1/NC(=O)[C@H]([C@@H](C)O)NC(=O)c2csc(n2)-c2cc(O)c(-c3nc(C(=O)N4CCN(CCO)CC4)cs3)nc2-c2csc(n2)[C@@H]2COC(=O)c3c4c5c(cccc5n3O)COC(=O)[C@@H](O[C@H]3C[C@](C)(O)[C@H](N(C)C)[C@H](C)O3)[C@@H](OC4)[C@H](NC(=O)c3csc1n3)c1nc(cs1)C(=O)N2. The first-order chi connectivity index (χ1) is 48.4. The van der Waals surface area contributed by atoms with Gasteiger partial charge in [-0.05, 0) is 59.5 Å². The summed E-state index contributed by atoms with van der Waals surface area (Å²) in [4.78, 5) is 137. The van der Waals surface area contributed by atoms with Crippen molar-refractivity contribution in [2.24, 2.45) is 0 Å². The number of allylic oxidation sites excluding steroid dienone is 1. The molecule has 2 fully saturated rings. The molecule has 0 radical (unpaired) electrons. The molecule has 0 spiro atoms. The number of nitrogens with one attached hydrogen (secondary N) is 4. The second-order valence-electron chi connectivity index (χ2n) is 24.9. The van der Waals surface area contributed by atoms with Crippen LogP contribution in [0.15, 0.2) is 56.9 Å². The lowest BCUT2D eigenvalue weighted by atomic mass is 9.85. The summed E-state index contributed by atoms with van der Waals surface area (Å²) in [6.07, 6.45) is -7.49. The Hall–Kier alpha value is -8.83. The third-order valence-corrected chi connectivity index (χ3v) is 22.3. The molecular weight excluding hydrogens is 1410 g/mol. The van der Waals surface area contributed by atoms with E-state index in [2.05, 4.69) is 36.2 Å². The lowest BCUT2D eigenvalue weighted by Crippen LogP contribution is -2.62. The minimum Gasteiger partial charge on any atom is -0.506 e. The second kappa shape index (κ2) is 28.9. The van der Waals surface area contributed by atoms with Crippen LogP contribution < -0.4 is 21.3 Å². The Bertz CT molecular complexity index is 4590. The fraction of sp³-hybridized carbons (Fsp3) is 0.422. The summed E-state index contributed by atoms with van der Waals surface area (Å²) in [5.41, 5.74) is -2.12. The molecule has 0 aliphatic carbocycles. The van der Waals surface area contributed by atoms with E-state index in [-0.39, 0.29) is 117 Å². The molecule has 12 bridgehead atoms. The maximum Gasteiger partial charge on any atom is 0.358 e. The van der Waals surface area contributed by atoms with E-state index in [1.54, 1.807) is 60.6 Å². The van der Waals surface area contributed by atoms with Crippen LogP contribution in [0.5, 0.6) is 5.75 Å². The van der Waals surface area contributed by atoms with Crippen molar-refractivity contribution in [1.82, 2.24) is 70.6 Å². The molecule has 9 N–H and O–H groups in total. The number of methoxy groups -OCH3 is 1. The highest BCUT2D eigenvalue weighted by Crippen LogP contribution is 2.43. The maximum absolute atomic E-state index is 15.2. The Morgan fingerprint density at radius 1 is 0.822 bits per heavy atom. The van der Waals surface area contributed by atoms with Gasteiger partial charge in [-0.15, -0.1) is 56.7 Å². The van der Waals surface area contributed by atoms with E-state index < -0.39 is 127 Å². The van der Waals surface area contributed by atoms with Crippen LogP contribution in [0.3, 0.4) is 0 Å². The minimum atomic E-state index is -1.91. The number of fused-ring (bicyclic) bond motifs is 15. The van der Waals surface area contributed by atoms with E-state index in [9.17, 15) is 40.0 Å². The topological polar surface area (TPSA) is 416 Å². The van der Waals surface area contributed by atoms with Crippen molar-refractivity contribution in [2.75, 3.05) is 67.1 Å². The molecule has 37 heteroatoms. The molecular formula is C64H68N14O18S5. The first-order valence-electron chi connectivity index (χ1n) is 31.7. The normalized spacial score (nSPS) is 24.9. The van der Waals surface area contributed by atoms with Gasteiger partial charge in [0.2, 0.25) is 5.91 Å². The van der Waals surface area contributed by atoms with Gasteiger partial charge in [-0.2, -0.15) is 4.73 Å². The molecule has 7 aromatic heterocycles. The van der Waals surface area contributed by atoms with Crippen molar-refractivity contribution in [3.8, 4) is 38.4 Å². The van der Waals surface area contributed by atoms with Gasteiger partial charge in [0, 0.05) is 82.6 Å². The summed E-state index contributed by atoms with van der Waals surface area (Å²) in [6, 6.07) is 0.824. The molecule has 32 nitrogen and oxygen atoms in total. The number of likely N-dealkylation sites (N-methyl/N-ethyl adjacent to an activating group) is 1. The molecule has 12 heterocycles. The van der Waals surface area contributed by atoms with Gasteiger partial charge in [0.1, 0.15) is 120 Å². The highest BCUT2D eigenvalue weighted by molar-refractivity contribution is 7.14. The first-order valence-corrected chi connectivity index (χ1v) is 36.1. The number of hydrogen-bond donors (Lipinski definition) is 9. The van der Waals surface area contributed by atoms with E-state index in [0.717, 1.165) is 56.7 Å². The monoisotopic (exact) mass is 1480 g/mol. The number of amides is 5. The largest absolute Gasteiger partial charge is 0.506 e.